The third kappa shape index (κ3) is 5.22. The molecule has 3 rings (SSSR count). The molecule has 1 unspecified atom stereocenters. The molecule has 1 amide bonds. The third-order valence-corrected chi connectivity index (χ3v) is 4.46. The van der Waals surface area contributed by atoms with Crippen LogP contribution in [0, 0.1) is 0 Å². The fourth-order valence-electron chi connectivity index (χ4n) is 2.86. The summed E-state index contributed by atoms with van der Waals surface area (Å²) in [5.74, 6) is -2.40. The molecule has 0 spiro atoms. The number of aromatic amines is 1. The van der Waals surface area contributed by atoms with Gasteiger partial charge >= 0.3 is 5.97 Å². The maximum absolute atomic E-state index is 12.4. The van der Waals surface area contributed by atoms with E-state index in [0.717, 1.165) is 29.7 Å². The second-order valence-corrected chi connectivity index (χ2v) is 7.08. The summed E-state index contributed by atoms with van der Waals surface area (Å²) in [5, 5.41) is 35.8. The van der Waals surface area contributed by atoms with E-state index >= 15 is 0 Å². The van der Waals surface area contributed by atoms with Gasteiger partial charge in [0.2, 0.25) is 5.88 Å². The van der Waals surface area contributed by atoms with Crippen LogP contribution < -0.4 is 5.43 Å². The van der Waals surface area contributed by atoms with E-state index in [2.05, 4.69) is 15.6 Å². The number of hydrazine groups is 1. The predicted molar refractivity (Wildman–Crippen MR) is 108 cm³/mol. The van der Waals surface area contributed by atoms with Crippen molar-refractivity contribution in [3.05, 3.63) is 71.9 Å². The van der Waals surface area contributed by atoms with Crippen LogP contribution in [0.5, 0.6) is 5.88 Å². The van der Waals surface area contributed by atoms with Crippen LogP contribution >= 0.6 is 0 Å². The molecule has 0 aliphatic carbocycles. The van der Waals surface area contributed by atoms with E-state index in [1.165, 1.54) is 5.01 Å². The largest absolute Gasteiger partial charge is 0.492 e. The Morgan fingerprint density at radius 2 is 1.73 bits per heavy atom. The molecule has 0 bridgehead atoms. The summed E-state index contributed by atoms with van der Waals surface area (Å²) in [6, 6.07) is 18.5. The Balaban J connectivity index is 1.77. The molecule has 0 radical (unpaired) electrons. The molecule has 0 aliphatic heterocycles. The quantitative estimate of drug-likeness (QED) is 0.357. The van der Waals surface area contributed by atoms with Gasteiger partial charge in [-0.1, -0.05) is 54.6 Å². The molecule has 1 aromatic heterocycles. The summed E-state index contributed by atoms with van der Waals surface area (Å²) in [6.07, 6.45) is 0. The van der Waals surface area contributed by atoms with Crippen molar-refractivity contribution >= 4 is 11.9 Å². The average Bonchev–Trinajstić information content (AvgIpc) is 3.15. The molecule has 0 fully saturated rings. The lowest BCUT2D eigenvalue weighted by Crippen LogP contribution is -2.52. The Kier molecular flexibility index (Phi) is 6.14. The highest BCUT2D eigenvalue weighted by molar-refractivity contribution is 5.92. The van der Waals surface area contributed by atoms with E-state index in [4.69, 9.17) is 0 Å². The lowest BCUT2D eigenvalue weighted by atomic mass is 10.0. The number of aromatic hydroxyl groups is 1. The van der Waals surface area contributed by atoms with Gasteiger partial charge in [-0.3, -0.25) is 15.3 Å². The van der Waals surface area contributed by atoms with Crippen LogP contribution in [0.1, 0.15) is 23.0 Å². The molecule has 3 aromatic rings. The Labute approximate surface area is 172 Å². The Hall–Kier alpha value is -3.69. The van der Waals surface area contributed by atoms with Crippen molar-refractivity contribution in [3.8, 4) is 17.0 Å². The minimum absolute atomic E-state index is 0.00751. The first kappa shape index (κ1) is 21.0. The van der Waals surface area contributed by atoms with Gasteiger partial charge in [0.25, 0.3) is 5.91 Å². The number of hydrogen-bond acceptors (Lipinski definition) is 6. The van der Waals surface area contributed by atoms with Crippen molar-refractivity contribution in [1.82, 2.24) is 20.6 Å². The summed E-state index contributed by atoms with van der Waals surface area (Å²) in [6.45, 7) is 0.925. The van der Waals surface area contributed by atoms with Crippen molar-refractivity contribution in [2.75, 3.05) is 6.54 Å². The van der Waals surface area contributed by atoms with Gasteiger partial charge in [0.05, 0.1) is 6.54 Å². The number of hydrogen-bond donors (Lipinski definition) is 5. The first-order valence-electron chi connectivity index (χ1n) is 9.15. The number of H-pyrrole nitrogens is 1. The van der Waals surface area contributed by atoms with Crippen molar-refractivity contribution in [1.29, 1.82) is 0 Å². The van der Waals surface area contributed by atoms with Crippen molar-refractivity contribution < 1.29 is 24.9 Å². The van der Waals surface area contributed by atoms with Gasteiger partial charge in [-0.25, -0.2) is 9.80 Å². The Bertz CT molecular complexity index is 1020. The number of aliphatic hydroxyl groups is 1. The fourth-order valence-corrected chi connectivity index (χ4v) is 2.86. The number of nitrogens with zero attached hydrogens (tertiary/aromatic N) is 2. The number of carbonyl (C=O) groups excluding carboxylic acids is 1. The lowest BCUT2D eigenvalue weighted by Gasteiger charge is -2.29. The van der Waals surface area contributed by atoms with E-state index in [9.17, 15) is 24.9 Å². The summed E-state index contributed by atoms with van der Waals surface area (Å²) in [5.41, 5.74) is 3.31. The monoisotopic (exact) mass is 410 g/mol. The zero-order valence-electron chi connectivity index (χ0n) is 16.2. The molecule has 0 saturated carbocycles. The van der Waals surface area contributed by atoms with Crippen molar-refractivity contribution in [2.24, 2.45) is 0 Å². The van der Waals surface area contributed by atoms with Gasteiger partial charge in [0.15, 0.2) is 5.60 Å². The number of nitrogens with one attached hydrogen (secondary N) is 2. The summed E-state index contributed by atoms with van der Waals surface area (Å²) in [4.78, 5) is 23.7. The molecular weight excluding hydrogens is 388 g/mol. The van der Waals surface area contributed by atoms with Gasteiger partial charge in [-0.2, -0.15) is 0 Å². The number of carboxylic acids is 1. The SMILES string of the molecule is CC(O)(CN(Cc1ccc(-c2ccccc2)cc1)NC(=O)c1cc(O)n[nH]1)C(=O)O. The predicted octanol–water partition coefficient (Wildman–Crippen LogP) is 1.76. The minimum atomic E-state index is -2.09. The van der Waals surface area contributed by atoms with Crippen molar-refractivity contribution in [3.63, 3.8) is 0 Å². The molecule has 1 heterocycles. The zero-order valence-corrected chi connectivity index (χ0v) is 16.2. The van der Waals surface area contributed by atoms with Crippen LogP contribution in [-0.4, -0.2) is 54.5 Å². The Morgan fingerprint density at radius 3 is 2.30 bits per heavy atom. The minimum Gasteiger partial charge on any atom is -0.492 e. The topological polar surface area (TPSA) is 139 Å². The number of aliphatic carboxylic acids is 1. The first-order valence-corrected chi connectivity index (χ1v) is 9.15. The second-order valence-electron chi connectivity index (χ2n) is 7.08. The van der Waals surface area contributed by atoms with E-state index < -0.39 is 17.5 Å². The molecular formula is C21H22N4O5. The number of carboxylic acid groups (broad SMARTS) is 1. The summed E-state index contributed by atoms with van der Waals surface area (Å²) < 4.78 is 0. The van der Waals surface area contributed by atoms with Crippen LogP contribution in [0.2, 0.25) is 0 Å². The zero-order chi connectivity index (χ0) is 21.7. The molecule has 5 N–H and O–H groups in total. The molecule has 1 atom stereocenters. The van der Waals surface area contributed by atoms with Crippen molar-refractivity contribution in [2.45, 2.75) is 19.1 Å². The van der Waals surface area contributed by atoms with Gasteiger partial charge in [0, 0.05) is 12.6 Å². The number of rotatable bonds is 8. The third-order valence-electron chi connectivity index (χ3n) is 4.46. The summed E-state index contributed by atoms with van der Waals surface area (Å²) >= 11 is 0. The standard InChI is InChI=1S/C21H22N4O5/c1-21(30,20(28)29)13-25(24-19(27)17-11-18(26)23-22-17)12-14-7-9-16(10-8-14)15-5-3-2-4-6-15/h2-11,30H,12-13H2,1H3,(H,24,27)(H,28,29)(H2,22,23,26). The molecule has 0 saturated heterocycles. The van der Waals surface area contributed by atoms with Crippen LogP contribution in [0.15, 0.2) is 60.7 Å². The maximum Gasteiger partial charge on any atom is 0.336 e. The highest BCUT2D eigenvalue weighted by atomic mass is 16.4. The molecule has 9 nitrogen and oxygen atoms in total. The number of carbonyl (C=O) groups is 2. The molecule has 30 heavy (non-hydrogen) atoms. The highest BCUT2D eigenvalue weighted by Gasteiger charge is 2.33. The van der Waals surface area contributed by atoms with Gasteiger partial charge in [0.1, 0.15) is 5.69 Å². The second kappa shape index (κ2) is 8.76. The Morgan fingerprint density at radius 1 is 1.10 bits per heavy atom. The number of amides is 1. The molecule has 0 aliphatic rings. The van der Waals surface area contributed by atoms with Crippen LogP contribution in [0.3, 0.4) is 0 Å². The smallest absolute Gasteiger partial charge is 0.336 e. The normalized spacial score (nSPS) is 13.0. The van der Waals surface area contributed by atoms with E-state index in [0.29, 0.717) is 0 Å². The molecule has 9 heteroatoms. The van der Waals surface area contributed by atoms with E-state index in [-0.39, 0.29) is 24.7 Å². The van der Waals surface area contributed by atoms with E-state index in [1.807, 2.05) is 54.6 Å². The van der Waals surface area contributed by atoms with Crippen LogP contribution in [-0.2, 0) is 11.3 Å². The van der Waals surface area contributed by atoms with Gasteiger partial charge in [-0.05, 0) is 23.6 Å². The maximum atomic E-state index is 12.4. The average molecular weight is 410 g/mol. The summed E-state index contributed by atoms with van der Waals surface area (Å²) in [7, 11) is 0. The van der Waals surface area contributed by atoms with E-state index in [1.54, 1.807) is 0 Å². The van der Waals surface area contributed by atoms with Gasteiger partial charge < -0.3 is 15.3 Å². The first-order chi connectivity index (χ1) is 14.2. The lowest BCUT2D eigenvalue weighted by molar-refractivity contribution is -0.159. The van der Waals surface area contributed by atoms with Gasteiger partial charge in [-0.15, -0.1) is 5.10 Å². The van der Waals surface area contributed by atoms with Crippen LogP contribution in [0.4, 0.5) is 0 Å². The fraction of sp³-hybridized carbons (Fsp3) is 0.190. The highest BCUT2D eigenvalue weighted by Crippen LogP contribution is 2.20. The number of aromatic nitrogens is 2. The molecule has 2 aromatic carbocycles. The van der Waals surface area contributed by atoms with Crippen LogP contribution in [0.25, 0.3) is 11.1 Å². The number of benzene rings is 2. The molecule has 156 valence electrons.